The first-order valence-corrected chi connectivity index (χ1v) is 7.79. The predicted molar refractivity (Wildman–Crippen MR) is 68.6 cm³/mol. The highest BCUT2D eigenvalue weighted by molar-refractivity contribution is 7.86. The molecule has 1 aliphatic rings. The molecular formula is C12H20F3NO3S. The van der Waals surface area contributed by atoms with E-state index in [-0.39, 0.29) is 0 Å². The summed E-state index contributed by atoms with van der Waals surface area (Å²) in [6, 6.07) is 0. The average Bonchev–Trinajstić information content (AvgIpc) is 2.72. The van der Waals surface area contributed by atoms with Crippen LogP contribution in [0.1, 0.15) is 39.5 Å². The van der Waals surface area contributed by atoms with Crippen LogP contribution in [-0.2, 0) is 10.1 Å². The maximum absolute atomic E-state index is 10.7. The third-order valence-electron chi connectivity index (χ3n) is 2.61. The van der Waals surface area contributed by atoms with Gasteiger partial charge in [0, 0.05) is 12.5 Å². The molecule has 1 aliphatic heterocycles. The van der Waals surface area contributed by atoms with Crippen molar-refractivity contribution in [3.63, 3.8) is 0 Å². The van der Waals surface area contributed by atoms with E-state index < -0.39 is 15.6 Å². The van der Waals surface area contributed by atoms with Crippen molar-refractivity contribution in [2.75, 3.05) is 6.54 Å². The van der Waals surface area contributed by atoms with Crippen molar-refractivity contribution in [1.29, 1.82) is 0 Å². The van der Waals surface area contributed by atoms with Crippen molar-refractivity contribution in [3.05, 3.63) is 24.0 Å². The SMILES string of the molecule is CCCC[NH+]1C=CC=C1CCC.O=S(=O)([O-])C(F)(F)F. The van der Waals surface area contributed by atoms with E-state index in [4.69, 9.17) is 13.0 Å². The lowest BCUT2D eigenvalue weighted by Gasteiger charge is -2.12. The predicted octanol–water partition coefficient (Wildman–Crippen LogP) is 1.93. The molecule has 4 nitrogen and oxygen atoms in total. The summed E-state index contributed by atoms with van der Waals surface area (Å²) in [5.41, 5.74) is -4.07. The number of allylic oxidation sites excluding steroid dienone is 3. The van der Waals surface area contributed by atoms with Gasteiger partial charge in [-0.25, -0.2) is 8.42 Å². The number of rotatable bonds is 5. The lowest BCUT2D eigenvalue weighted by molar-refractivity contribution is -0.804. The molecule has 0 spiro atoms. The summed E-state index contributed by atoms with van der Waals surface area (Å²) in [5.74, 6) is 0. The van der Waals surface area contributed by atoms with Crippen molar-refractivity contribution < 1.29 is 31.0 Å². The summed E-state index contributed by atoms with van der Waals surface area (Å²) >= 11 is 0. The Morgan fingerprint density at radius 3 is 2.20 bits per heavy atom. The standard InChI is InChI=1S/C11H19N.CHF3O3S/c1-3-5-9-12-10-6-8-11(12)7-4-2;2-1(3,4)8(5,6)7/h6,8,10H,3-5,7,9H2,1-2H3;(H,5,6,7). The molecule has 0 radical (unpaired) electrons. The van der Waals surface area contributed by atoms with Crippen LogP contribution in [0.2, 0.25) is 0 Å². The second-order valence-corrected chi connectivity index (χ2v) is 5.70. The van der Waals surface area contributed by atoms with Gasteiger partial charge < -0.3 is 4.55 Å². The van der Waals surface area contributed by atoms with Gasteiger partial charge in [-0.1, -0.05) is 20.3 Å². The molecule has 0 aromatic carbocycles. The Hall–Kier alpha value is -0.860. The zero-order valence-electron chi connectivity index (χ0n) is 11.5. The molecule has 0 saturated carbocycles. The molecule has 20 heavy (non-hydrogen) atoms. The van der Waals surface area contributed by atoms with Crippen LogP contribution < -0.4 is 4.90 Å². The number of quaternary nitrogens is 1. The van der Waals surface area contributed by atoms with Crippen LogP contribution in [0.3, 0.4) is 0 Å². The summed E-state index contributed by atoms with van der Waals surface area (Å²) in [6.45, 7) is 5.78. The highest BCUT2D eigenvalue weighted by Crippen LogP contribution is 2.20. The summed E-state index contributed by atoms with van der Waals surface area (Å²) in [5, 5.41) is 0. The summed E-state index contributed by atoms with van der Waals surface area (Å²) in [6.07, 6.45) is 11.9. The topological polar surface area (TPSA) is 61.6 Å². The van der Waals surface area contributed by atoms with Crippen molar-refractivity contribution >= 4 is 10.1 Å². The molecular weight excluding hydrogens is 295 g/mol. The van der Waals surface area contributed by atoms with E-state index >= 15 is 0 Å². The number of halogens is 3. The molecule has 0 amide bonds. The number of hydrogen-bond acceptors (Lipinski definition) is 3. The quantitative estimate of drug-likeness (QED) is 0.623. The van der Waals surface area contributed by atoms with Crippen molar-refractivity contribution in [3.8, 4) is 0 Å². The number of unbranched alkanes of at least 4 members (excludes halogenated alkanes) is 1. The first-order valence-electron chi connectivity index (χ1n) is 6.39. The molecule has 1 N–H and O–H groups in total. The van der Waals surface area contributed by atoms with Crippen LogP contribution >= 0.6 is 0 Å². The smallest absolute Gasteiger partial charge is 0.485 e. The van der Waals surface area contributed by atoms with Crippen LogP contribution in [0, 0.1) is 0 Å². The minimum absolute atomic E-state index is 1.26. The van der Waals surface area contributed by atoms with Gasteiger partial charge in [-0.2, -0.15) is 13.2 Å². The number of alkyl halides is 3. The Morgan fingerprint density at radius 1 is 1.25 bits per heavy atom. The van der Waals surface area contributed by atoms with Gasteiger partial charge in [0.1, 0.15) is 5.70 Å². The molecule has 0 fully saturated rings. The molecule has 1 heterocycles. The Bertz CT molecular complexity index is 441. The minimum Gasteiger partial charge on any atom is -0.741 e. The van der Waals surface area contributed by atoms with E-state index in [0.717, 1.165) is 0 Å². The third-order valence-corrected chi connectivity index (χ3v) is 3.18. The fraction of sp³-hybridized carbons (Fsp3) is 0.667. The van der Waals surface area contributed by atoms with Crippen LogP contribution in [0.25, 0.3) is 0 Å². The zero-order chi connectivity index (χ0) is 15.8. The Balaban J connectivity index is 0.000000396. The fourth-order valence-corrected chi connectivity index (χ4v) is 1.62. The maximum Gasteiger partial charge on any atom is 0.485 e. The van der Waals surface area contributed by atoms with E-state index in [1.54, 1.807) is 10.6 Å². The lowest BCUT2D eigenvalue weighted by Crippen LogP contribution is -3.04. The number of nitrogens with one attached hydrogen (secondary N) is 1. The highest BCUT2D eigenvalue weighted by atomic mass is 32.2. The van der Waals surface area contributed by atoms with Crippen LogP contribution in [0.4, 0.5) is 13.2 Å². The van der Waals surface area contributed by atoms with Crippen molar-refractivity contribution in [2.45, 2.75) is 45.0 Å². The lowest BCUT2D eigenvalue weighted by atomic mass is 10.2. The fourth-order valence-electron chi connectivity index (χ4n) is 1.62. The van der Waals surface area contributed by atoms with Gasteiger partial charge in [-0.3, -0.25) is 4.90 Å². The molecule has 118 valence electrons. The van der Waals surface area contributed by atoms with Gasteiger partial charge >= 0.3 is 5.51 Å². The molecule has 8 heteroatoms. The van der Waals surface area contributed by atoms with E-state index in [0.29, 0.717) is 0 Å². The summed E-state index contributed by atoms with van der Waals surface area (Å²) < 4.78 is 58.9. The molecule has 0 saturated heterocycles. The molecule has 1 rings (SSSR count). The minimum atomic E-state index is -6.09. The molecule has 0 aromatic rings. The maximum atomic E-state index is 10.7. The van der Waals surface area contributed by atoms with Crippen LogP contribution in [0.5, 0.6) is 0 Å². The van der Waals surface area contributed by atoms with Crippen LogP contribution in [-0.4, -0.2) is 25.0 Å². The molecule has 1 atom stereocenters. The van der Waals surface area contributed by atoms with Gasteiger partial charge in [0.2, 0.25) is 0 Å². The van der Waals surface area contributed by atoms with Crippen molar-refractivity contribution in [2.24, 2.45) is 0 Å². The van der Waals surface area contributed by atoms with Crippen LogP contribution in [0.15, 0.2) is 24.0 Å². The first-order chi connectivity index (χ1) is 9.13. The van der Waals surface area contributed by atoms with Gasteiger partial charge in [0.05, 0.1) is 12.7 Å². The average molecular weight is 315 g/mol. The largest absolute Gasteiger partial charge is 0.741 e. The van der Waals surface area contributed by atoms with E-state index in [1.807, 2.05) is 0 Å². The van der Waals surface area contributed by atoms with E-state index in [9.17, 15) is 13.2 Å². The molecule has 0 aromatic heterocycles. The normalized spacial score (nSPS) is 18.5. The van der Waals surface area contributed by atoms with E-state index in [2.05, 4.69) is 32.2 Å². The number of hydrogen-bond donors (Lipinski definition) is 1. The molecule has 0 aliphatic carbocycles. The van der Waals surface area contributed by atoms with Gasteiger partial charge in [-0.15, -0.1) is 0 Å². The van der Waals surface area contributed by atoms with Gasteiger partial charge in [0.25, 0.3) is 0 Å². The summed E-state index contributed by atoms with van der Waals surface area (Å²) in [7, 11) is -6.09. The van der Waals surface area contributed by atoms with Gasteiger partial charge in [-0.05, 0) is 18.9 Å². The Morgan fingerprint density at radius 2 is 1.80 bits per heavy atom. The molecule has 0 bridgehead atoms. The van der Waals surface area contributed by atoms with Crippen molar-refractivity contribution in [1.82, 2.24) is 0 Å². The third kappa shape index (κ3) is 7.06. The Labute approximate surface area is 117 Å². The Kier molecular flexibility index (Phi) is 8.07. The van der Waals surface area contributed by atoms with Gasteiger partial charge in [0.15, 0.2) is 10.1 Å². The zero-order valence-corrected chi connectivity index (χ0v) is 12.4. The summed E-state index contributed by atoms with van der Waals surface area (Å²) in [4.78, 5) is 1.58. The molecule has 1 unspecified atom stereocenters. The van der Waals surface area contributed by atoms with E-state index in [1.165, 1.54) is 32.2 Å². The second-order valence-electron chi connectivity index (χ2n) is 4.33. The second kappa shape index (κ2) is 8.43. The highest BCUT2D eigenvalue weighted by Gasteiger charge is 2.36. The monoisotopic (exact) mass is 315 g/mol. The first kappa shape index (κ1) is 19.1.